The van der Waals surface area contributed by atoms with Gasteiger partial charge in [-0.2, -0.15) is 0 Å². The van der Waals surface area contributed by atoms with Crippen LogP contribution in [-0.2, 0) is 4.74 Å². The third-order valence-corrected chi connectivity index (χ3v) is 2.55. The van der Waals surface area contributed by atoms with Gasteiger partial charge in [-0.3, -0.25) is 0 Å². The maximum absolute atomic E-state index is 4.99. The lowest BCUT2D eigenvalue weighted by Crippen LogP contribution is -2.03. The Morgan fingerprint density at radius 1 is 1.50 bits per heavy atom. The minimum atomic E-state index is 0.781. The Kier molecular flexibility index (Phi) is 2.38. The first-order valence-electron chi connectivity index (χ1n) is 3.16. The SMILES string of the molecule is COC1=NC(C)=C(C)CS1. The number of allylic oxidation sites excluding steroid dienone is 1. The third-order valence-electron chi connectivity index (χ3n) is 1.46. The lowest BCUT2D eigenvalue weighted by atomic mass is 10.3. The van der Waals surface area contributed by atoms with E-state index in [1.807, 2.05) is 6.92 Å². The van der Waals surface area contributed by atoms with Crippen LogP contribution in [0.2, 0.25) is 0 Å². The molecule has 1 aliphatic rings. The number of nitrogens with zero attached hydrogens (tertiary/aromatic N) is 1. The molecule has 1 aliphatic heterocycles. The molecule has 0 aliphatic carbocycles. The van der Waals surface area contributed by atoms with Crippen molar-refractivity contribution in [3.8, 4) is 0 Å². The molecule has 2 nitrogen and oxygen atoms in total. The van der Waals surface area contributed by atoms with Crippen molar-refractivity contribution in [1.29, 1.82) is 0 Å². The molecule has 0 aromatic heterocycles. The zero-order chi connectivity index (χ0) is 7.56. The van der Waals surface area contributed by atoms with Crippen LogP contribution in [0.25, 0.3) is 0 Å². The Morgan fingerprint density at radius 2 is 2.20 bits per heavy atom. The highest BCUT2D eigenvalue weighted by molar-refractivity contribution is 8.13. The van der Waals surface area contributed by atoms with Gasteiger partial charge in [0.1, 0.15) is 0 Å². The summed E-state index contributed by atoms with van der Waals surface area (Å²) in [4.78, 5) is 4.22. The summed E-state index contributed by atoms with van der Waals surface area (Å²) in [6.45, 7) is 4.10. The van der Waals surface area contributed by atoms with E-state index in [4.69, 9.17) is 4.74 Å². The van der Waals surface area contributed by atoms with Gasteiger partial charge in [0.15, 0.2) is 0 Å². The Hall–Kier alpha value is -0.440. The van der Waals surface area contributed by atoms with Crippen LogP contribution in [0.1, 0.15) is 13.8 Å². The number of rotatable bonds is 0. The van der Waals surface area contributed by atoms with Crippen molar-refractivity contribution in [2.24, 2.45) is 4.99 Å². The second kappa shape index (κ2) is 3.10. The van der Waals surface area contributed by atoms with Gasteiger partial charge in [-0.15, -0.1) is 0 Å². The van der Waals surface area contributed by atoms with E-state index in [0.717, 1.165) is 16.7 Å². The smallest absolute Gasteiger partial charge is 0.250 e. The summed E-state index contributed by atoms with van der Waals surface area (Å²) in [6.07, 6.45) is 0. The van der Waals surface area contributed by atoms with Gasteiger partial charge in [0, 0.05) is 11.4 Å². The first-order chi connectivity index (χ1) is 4.74. The lowest BCUT2D eigenvalue weighted by molar-refractivity contribution is 0.415. The second-order valence-electron chi connectivity index (χ2n) is 2.24. The van der Waals surface area contributed by atoms with Gasteiger partial charge in [0.2, 0.25) is 0 Å². The largest absolute Gasteiger partial charge is 0.476 e. The Morgan fingerprint density at radius 3 is 2.70 bits per heavy atom. The Balaban J connectivity index is 2.76. The molecule has 0 fully saturated rings. The minimum Gasteiger partial charge on any atom is -0.476 e. The molecule has 0 atom stereocenters. The highest BCUT2D eigenvalue weighted by Gasteiger charge is 2.08. The van der Waals surface area contributed by atoms with Crippen LogP contribution in [0.15, 0.2) is 16.3 Å². The molecule has 0 radical (unpaired) electrons. The molecule has 0 unspecified atom stereocenters. The highest BCUT2D eigenvalue weighted by atomic mass is 32.2. The molecule has 1 heterocycles. The number of thioether (sulfide) groups is 1. The van der Waals surface area contributed by atoms with E-state index >= 15 is 0 Å². The molecule has 0 N–H and O–H groups in total. The minimum absolute atomic E-state index is 0.781. The fourth-order valence-corrected chi connectivity index (χ4v) is 1.51. The fourth-order valence-electron chi connectivity index (χ4n) is 0.644. The van der Waals surface area contributed by atoms with Crippen molar-refractivity contribution in [3.05, 3.63) is 11.3 Å². The number of ether oxygens (including phenoxy) is 1. The second-order valence-corrected chi connectivity index (χ2v) is 3.16. The van der Waals surface area contributed by atoms with E-state index in [2.05, 4.69) is 11.9 Å². The molecular weight excluding hydrogens is 146 g/mol. The summed E-state index contributed by atoms with van der Waals surface area (Å²) in [5.74, 6) is 1.01. The zero-order valence-corrected chi connectivity index (χ0v) is 7.29. The molecule has 10 heavy (non-hydrogen) atoms. The molecule has 0 bridgehead atoms. The maximum Gasteiger partial charge on any atom is 0.250 e. The van der Waals surface area contributed by atoms with Gasteiger partial charge in [0.25, 0.3) is 5.23 Å². The lowest BCUT2D eigenvalue weighted by Gasteiger charge is -2.11. The van der Waals surface area contributed by atoms with E-state index in [-0.39, 0.29) is 0 Å². The Bertz CT molecular complexity index is 196. The molecule has 0 aromatic rings. The van der Waals surface area contributed by atoms with Gasteiger partial charge in [-0.05, 0) is 19.4 Å². The average molecular weight is 157 g/mol. The average Bonchev–Trinajstić information content (AvgIpc) is 1.95. The number of hydrogen-bond donors (Lipinski definition) is 0. The molecule has 0 saturated heterocycles. The summed E-state index contributed by atoms with van der Waals surface area (Å²) in [7, 11) is 1.65. The van der Waals surface area contributed by atoms with Crippen LogP contribution in [0.3, 0.4) is 0 Å². The predicted molar refractivity (Wildman–Crippen MR) is 45.3 cm³/mol. The Labute approximate surface area is 65.4 Å². The van der Waals surface area contributed by atoms with Crippen LogP contribution >= 0.6 is 11.8 Å². The summed E-state index contributed by atoms with van der Waals surface area (Å²) in [5.41, 5.74) is 2.43. The van der Waals surface area contributed by atoms with Crippen LogP contribution in [-0.4, -0.2) is 18.1 Å². The predicted octanol–water partition coefficient (Wildman–Crippen LogP) is 2.03. The van der Waals surface area contributed by atoms with Crippen molar-refractivity contribution < 1.29 is 4.74 Å². The molecule has 3 heteroatoms. The highest BCUT2D eigenvalue weighted by Crippen LogP contribution is 2.21. The molecule has 0 saturated carbocycles. The number of hydrogen-bond acceptors (Lipinski definition) is 3. The molecule has 56 valence electrons. The van der Waals surface area contributed by atoms with Crippen molar-refractivity contribution in [1.82, 2.24) is 0 Å². The first kappa shape index (κ1) is 7.66. The monoisotopic (exact) mass is 157 g/mol. The summed E-state index contributed by atoms with van der Waals surface area (Å²) in [5, 5.41) is 0.781. The van der Waals surface area contributed by atoms with Crippen molar-refractivity contribution in [2.45, 2.75) is 13.8 Å². The molecule has 0 aromatic carbocycles. The summed E-state index contributed by atoms with van der Waals surface area (Å²) in [6, 6.07) is 0. The van der Waals surface area contributed by atoms with E-state index in [0.29, 0.717) is 0 Å². The standard InChI is InChI=1S/C7H11NOS/c1-5-4-10-7(9-3)8-6(5)2/h4H2,1-3H3. The van der Waals surface area contributed by atoms with Crippen LogP contribution in [0.4, 0.5) is 0 Å². The van der Waals surface area contributed by atoms with Gasteiger partial charge < -0.3 is 4.74 Å². The van der Waals surface area contributed by atoms with Crippen molar-refractivity contribution >= 4 is 17.0 Å². The molecule has 1 rings (SSSR count). The fraction of sp³-hybridized carbons (Fsp3) is 0.571. The van der Waals surface area contributed by atoms with Gasteiger partial charge in [0.05, 0.1) is 7.11 Å². The summed E-state index contributed by atoms with van der Waals surface area (Å²) < 4.78 is 4.99. The summed E-state index contributed by atoms with van der Waals surface area (Å²) >= 11 is 1.64. The van der Waals surface area contributed by atoms with Crippen LogP contribution in [0.5, 0.6) is 0 Å². The van der Waals surface area contributed by atoms with E-state index < -0.39 is 0 Å². The van der Waals surface area contributed by atoms with Crippen LogP contribution in [0, 0.1) is 0 Å². The molecule has 0 amide bonds. The van der Waals surface area contributed by atoms with Crippen molar-refractivity contribution in [2.75, 3.05) is 12.9 Å². The van der Waals surface area contributed by atoms with E-state index in [9.17, 15) is 0 Å². The zero-order valence-electron chi connectivity index (χ0n) is 6.47. The maximum atomic E-state index is 4.99. The first-order valence-corrected chi connectivity index (χ1v) is 4.14. The quantitative estimate of drug-likeness (QED) is 0.536. The van der Waals surface area contributed by atoms with Gasteiger partial charge in [-0.1, -0.05) is 11.8 Å². The third kappa shape index (κ3) is 1.53. The normalized spacial score (nSPS) is 18.9. The topological polar surface area (TPSA) is 21.6 Å². The van der Waals surface area contributed by atoms with E-state index in [1.165, 1.54) is 5.57 Å². The van der Waals surface area contributed by atoms with Gasteiger partial charge in [-0.25, -0.2) is 4.99 Å². The number of aliphatic imine (C=N–C) groups is 1. The molecule has 0 spiro atoms. The van der Waals surface area contributed by atoms with Crippen molar-refractivity contribution in [3.63, 3.8) is 0 Å². The molecular formula is C7H11NOS. The van der Waals surface area contributed by atoms with Crippen LogP contribution < -0.4 is 0 Å². The number of methoxy groups -OCH3 is 1. The van der Waals surface area contributed by atoms with E-state index in [1.54, 1.807) is 18.9 Å². The van der Waals surface area contributed by atoms with Gasteiger partial charge >= 0.3 is 0 Å².